The highest BCUT2D eigenvalue weighted by Gasteiger charge is 2.30. The van der Waals surface area contributed by atoms with Crippen molar-refractivity contribution < 1.29 is 14.3 Å². The molecule has 1 amide bonds. The van der Waals surface area contributed by atoms with E-state index < -0.39 is 0 Å². The molecule has 2 aromatic rings. The Morgan fingerprint density at radius 2 is 2.14 bits per heavy atom. The highest BCUT2D eigenvalue weighted by atomic mass is 32.2. The predicted molar refractivity (Wildman–Crippen MR) is 119 cm³/mol. The molecule has 152 valence electrons. The third-order valence-electron chi connectivity index (χ3n) is 4.32. The van der Waals surface area contributed by atoms with Crippen LogP contribution in [0.3, 0.4) is 0 Å². The largest absolute Gasteiger partial charge is 0.496 e. The molecule has 0 saturated carbocycles. The number of carbonyl (C=O) groups excluding carboxylic acids is 1. The number of thioether (sulfide) groups is 1. The van der Waals surface area contributed by atoms with Crippen molar-refractivity contribution in [1.82, 2.24) is 15.2 Å². The van der Waals surface area contributed by atoms with Crippen LogP contribution in [0.25, 0.3) is 6.08 Å². The van der Waals surface area contributed by atoms with Gasteiger partial charge in [-0.05, 0) is 54.5 Å². The molecule has 1 aliphatic rings. The lowest BCUT2D eigenvalue weighted by atomic mass is 10.1. The van der Waals surface area contributed by atoms with E-state index in [4.69, 9.17) is 21.7 Å². The van der Waals surface area contributed by atoms with Gasteiger partial charge < -0.3 is 14.8 Å². The number of aromatic nitrogens is 1. The van der Waals surface area contributed by atoms with Crippen LogP contribution in [0.2, 0.25) is 0 Å². The molecule has 3 rings (SSSR count). The van der Waals surface area contributed by atoms with Crippen LogP contribution < -0.4 is 10.1 Å². The Balaban J connectivity index is 1.75. The highest BCUT2D eigenvalue weighted by molar-refractivity contribution is 7.98. The lowest BCUT2D eigenvalue weighted by Gasteiger charge is -2.13. The zero-order chi connectivity index (χ0) is 20.6. The Bertz CT molecular complexity index is 903. The fourth-order valence-corrected chi connectivity index (χ4v) is 4.02. The van der Waals surface area contributed by atoms with Gasteiger partial charge in [-0.3, -0.25) is 9.69 Å². The smallest absolute Gasteiger partial charge is 0.276 e. The number of carbonyl (C=O) groups is 1. The van der Waals surface area contributed by atoms with Crippen LogP contribution in [0.4, 0.5) is 0 Å². The molecular formula is C21H23N3O3S2. The van der Waals surface area contributed by atoms with Crippen molar-refractivity contribution in [3.8, 4) is 5.75 Å². The van der Waals surface area contributed by atoms with Crippen LogP contribution in [0.15, 0.2) is 53.3 Å². The molecule has 0 aliphatic carbocycles. The van der Waals surface area contributed by atoms with Crippen LogP contribution in [-0.4, -0.2) is 48.3 Å². The molecule has 1 aromatic heterocycles. The molecule has 0 bridgehead atoms. The van der Waals surface area contributed by atoms with Crippen LogP contribution in [-0.2, 0) is 15.3 Å². The topological polar surface area (TPSA) is 63.7 Å². The van der Waals surface area contributed by atoms with Gasteiger partial charge in [0.05, 0.1) is 12.1 Å². The molecule has 1 aromatic carbocycles. The molecule has 0 unspecified atom stereocenters. The first-order valence-electron chi connectivity index (χ1n) is 9.16. The summed E-state index contributed by atoms with van der Waals surface area (Å²) < 4.78 is 10.5. The minimum Gasteiger partial charge on any atom is -0.496 e. The zero-order valence-electron chi connectivity index (χ0n) is 16.4. The van der Waals surface area contributed by atoms with E-state index in [-0.39, 0.29) is 5.91 Å². The van der Waals surface area contributed by atoms with Gasteiger partial charge in [-0.1, -0.05) is 12.1 Å². The molecule has 2 heterocycles. The standard InChI is InChI=1S/C21H23N3O3S2/c1-26-11-5-10-24-20(25)17(23-21(24)28)13-15-7-8-18(27-2)16(12-15)14-29-19-6-3-4-9-22-19/h3-4,6-9,12-13H,5,10-11,14H2,1-2H3,(H,23,28)/b17-13+. The number of hydrogen-bond acceptors (Lipinski definition) is 6. The van der Waals surface area contributed by atoms with Gasteiger partial charge in [-0.2, -0.15) is 0 Å². The first kappa shape index (κ1) is 21.3. The van der Waals surface area contributed by atoms with Crippen molar-refractivity contribution in [3.05, 3.63) is 59.4 Å². The third-order valence-corrected chi connectivity index (χ3v) is 5.64. The van der Waals surface area contributed by atoms with Gasteiger partial charge in [0, 0.05) is 37.8 Å². The maximum atomic E-state index is 12.7. The average molecular weight is 430 g/mol. The van der Waals surface area contributed by atoms with Crippen molar-refractivity contribution >= 4 is 41.1 Å². The van der Waals surface area contributed by atoms with E-state index in [0.29, 0.717) is 29.7 Å². The van der Waals surface area contributed by atoms with E-state index in [1.807, 2.05) is 42.5 Å². The Hall–Kier alpha value is -2.42. The van der Waals surface area contributed by atoms with Crippen molar-refractivity contribution in [2.24, 2.45) is 0 Å². The monoisotopic (exact) mass is 429 g/mol. The van der Waals surface area contributed by atoms with Gasteiger partial charge in [0.15, 0.2) is 5.11 Å². The third kappa shape index (κ3) is 5.56. The minimum atomic E-state index is -0.119. The Kier molecular flexibility index (Phi) is 7.62. The average Bonchev–Trinajstić information content (AvgIpc) is 3.00. The summed E-state index contributed by atoms with van der Waals surface area (Å²) in [6.07, 6.45) is 4.33. The molecular weight excluding hydrogens is 406 g/mol. The lowest BCUT2D eigenvalue weighted by molar-refractivity contribution is -0.122. The number of benzene rings is 1. The van der Waals surface area contributed by atoms with E-state index in [9.17, 15) is 4.79 Å². The van der Waals surface area contributed by atoms with Gasteiger partial charge >= 0.3 is 0 Å². The second kappa shape index (κ2) is 10.4. The quantitative estimate of drug-likeness (QED) is 0.283. The van der Waals surface area contributed by atoms with Gasteiger partial charge in [-0.25, -0.2) is 4.98 Å². The maximum absolute atomic E-state index is 12.7. The number of hydrogen-bond donors (Lipinski definition) is 1. The number of nitrogens with one attached hydrogen (secondary N) is 1. The summed E-state index contributed by atoms with van der Waals surface area (Å²) in [6.45, 7) is 1.12. The Labute approximate surface area is 180 Å². The molecule has 0 spiro atoms. The molecule has 1 aliphatic heterocycles. The number of amides is 1. The Morgan fingerprint density at radius 3 is 2.86 bits per heavy atom. The van der Waals surface area contributed by atoms with Gasteiger partial charge in [0.25, 0.3) is 5.91 Å². The summed E-state index contributed by atoms with van der Waals surface area (Å²) in [5.74, 6) is 1.39. The molecule has 8 heteroatoms. The summed E-state index contributed by atoms with van der Waals surface area (Å²) in [5.41, 5.74) is 2.41. The molecule has 0 atom stereocenters. The first-order chi connectivity index (χ1) is 14.1. The minimum absolute atomic E-state index is 0.119. The maximum Gasteiger partial charge on any atom is 0.276 e. The fourth-order valence-electron chi connectivity index (χ4n) is 2.89. The lowest BCUT2D eigenvalue weighted by Crippen LogP contribution is -2.32. The molecule has 1 saturated heterocycles. The summed E-state index contributed by atoms with van der Waals surface area (Å²) in [5, 5.41) is 4.39. The summed E-state index contributed by atoms with van der Waals surface area (Å²) in [6, 6.07) is 11.7. The zero-order valence-corrected chi connectivity index (χ0v) is 18.0. The van der Waals surface area contributed by atoms with Gasteiger partial charge in [-0.15, -0.1) is 11.8 Å². The van der Waals surface area contributed by atoms with E-state index in [1.165, 1.54) is 0 Å². The second-order valence-corrected chi connectivity index (χ2v) is 7.70. The molecule has 1 N–H and O–H groups in total. The predicted octanol–water partition coefficient (Wildman–Crippen LogP) is 3.48. The van der Waals surface area contributed by atoms with Crippen molar-refractivity contribution in [2.45, 2.75) is 17.2 Å². The van der Waals surface area contributed by atoms with Gasteiger partial charge in [0.1, 0.15) is 11.4 Å². The number of rotatable bonds is 9. The summed E-state index contributed by atoms with van der Waals surface area (Å²) in [7, 11) is 3.29. The van der Waals surface area contributed by atoms with Gasteiger partial charge in [0.2, 0.25) is 0 Å². The fraction of sp³-hybridized carbons (Fsp3) is 0.286. The van der Waals surface area contributed by atoms with Crippen LogP contribution in [0.5, 0.6) is 5.75 Å². The van der Waals surface area contributed by atoms with Crippen molar-refractivity contribution in [1.29, 1.82) is 0 Å². The number of methoxy groups -OCH3 is 2. The van der Waals surface area contributed by atoms with Crippen molar-refractivity contribution in [2.75, 3.05) is 27.4 Å². The van der Waals surface area contributed by atoms with E-state index in [1.54, 1.807) is 37.1 Å². The number of thiocarbonyl (C=S) groups is 1. The van der Waals surface area contributed by atoms with E-state index in [0.717, 1.165) is 28.3 Å². The Morgan fingerprint density at radius 1 is 1.28 bits per heavy atom. The number of nitrogens with zero attached hydrogens (tertiary/aromatic N) is 2. The molecule has 1 fully saturated rings. The molecule has 29 heavy (non-hydrogen) atoms. The van der Waals surface area contributed by atoms with E-state index >= 15 is 0 Å². The number of pyridine rings is 1. The van der Waals surface area contributed by atoms with E-state index in [2.05, 4.69) is 10.3 Å². The SMILES string of the molecule is COCCCN1C(=O)/C(=C\c2ccc(OC)c(CSc3ccccn3)c2)NC1=S. The highest BCUT2D eigenvalue weighted by Crippen LogP contribution is 2.28. The summed E-state index contributed by atoms with van der Waals surface area (Å²) in [4.78, 5) is 18.6. The summed E-state index contributed by atoms with van der Waals surface area (Å²) >= 11 is 6.94. The van der Waals surface area contributed by atoms with Crippen LogP contribution >= 0.6 is 24.0 Å². The van der Waals surface area contributed by atoms with Crippen LogP contribution in [0, 0.1) is 0 Å². The number of ether oxygens (including phenoxy) is 2. The van der Waals surface area contributed by atoms with Crippen molar-refractivity contribution in [3.63, 3.8) is 0 Å². The van der Waals surface area contributed by atoms with Crippen LogP contribution in [0.1, 0.15) is 17.5 Å². The molecule has 6 nitrogen and oxygen atoms in total. The molecule has 0 radical (unpaired) electrons. The normalized spacial score (nSPS) is 15.1. The first-order valence-corrected chi connectivity index (χ1v) is 10.6. The second-order valence-electron chi connectivity index (χ2n) is 6.32.